The van der Waals surface area contributed by atoms with E-state index in [4.69, 9.17) is 0 Å². The zero-order valence-corrected chi connectivity index (χ0v) is 13.8. The predicted molar refractivity (Wildman–Crippen MR) is 87.0 cm³/mol. The number of ketones is 1. The maximum Gasteiger partial charge on any atom is 0.264 e. The molecule has 0 spiro atoms. The van der Waals surface area contributed by atoms with Gasteiger partial charge in [-0.25, -0.2) is 12.8 Å². The predicted octanol–water partition coefficient (Wildman–Crippen LogP) is 2.66. The van der Waals surface area contributed by atoms with Crippen LogP contribution in [-0.4, -0.2) is 25.9 Å². The average Bonchev–Trinajstić information content (AvgIpc) is 2.55. The monoisotopic (exact) mass is 349 g/mol. The van der Waals surface area contributed by atoms with E-state index in [9.17, 15) is 22.7 Å². The number of anilines is 1. The van der Waals surface area contributed by atoms with Crippen LogP contribution in [0.25, 0.3) is 0 Å². The second kappa shape index (κ2) is 5.99. The summed E-state index contributed by atoms with van der Waals surface area (Å²) in [6.45, 7) is 1.50. The van der Waals surface area contributed by atoms with E-state index in [1.165, 1.54) is 37.3 Å². The summed E-state index contributed by atoms with van der Waals surface area (Å²) in [5.74, 6) is -0.682. The van der Waals surface area contributed by atoms with Crippen LogP contribution in [0.15, 0.2) is 47.4 Å². The summed E-state index contributed by atoms with van der Waals surface area (Å²) in [6, 6.07) is 9.34. The van der Waals surface area contributed by atoms with Crippen molar-refractivity contribution in [1.29, 1.82) is 0 Å². The first-order valence-electron chi connectivity index (χ1n) is 7.42. The Morgan fingerprint density at radius 3 is 2.50 bits per heavy atom. The van der Waals surface area contributed by atoms with Gasteiger partial charge in [0.15, 0.2) is 5.78 Å². The molecule has 0 bridgehead atoms. The quantitative estimate of drug-likeness (QED) is 0.865. The van der Waals surface area contributed by atoms with Crippen LogP contribution in [0.2, 0.25) is 0 Å². The van der Waals surface area contributed by atoms with Gasteiger partial charge in [-0.15, -0.1) is 0 Å². The second-order valence-corrected chi connectivity index (χ2v) is 7.53. The largest absolute Gasteiger partial charge is 0.388 e. The van der Waals surface area contributed by atoms with Crippen molar-refractivity contribution in [3.63, 3.8) is 0 Å². The van der Waals surface area contributed by atoms with Crippen LogP contribution in [0.1, 0.15) is 35.4 Å². The molecule has 7 heteroatoms. The number of nitrogens with zero attached hydrogens (tertiary/aromatic N) is 1. The highest BCUT2D eigenvalue weighted by Crippen LogP contribution is 2.37. The van der Waals surface area contributed by atoms with Crippen LogP contribution in [0.3, 0.4) is 0 Å². The molecule has 1 heterocycles. The second-order valence-electron chi connectivity index (χ2n) is 5.67. The minimum atomic E-state index is -3.87. The van der Waals surface area contributed by atoms with E-state index >= 15 is 0 Å². The Balaban J connectivity index is 2.05. The molecule has 126 valence electrons. The van der Waals surface area contributed by atoms with E-state index < -0.39 is 21.9 Å². The van der Waals surface area contributed by atoms with Gasteiger partial charge in [0.25, 0.3) is 10.0 Å². The number of rotatable bonds is 3. The lowest BCUT2D eigenvalue weighted by atomic mass is 10.0. The third kappa shape index (κ3) is 2.81. The van der Waals surface area contributed by atoms with Crippen LogP contribution in [0.5, 0.6) is 0 Å². The van der Waals surface area contributed by atoms with Crippen molar-refractivity contribution < 1.29 is 22.7 Å². The summed E-state index contributed by atoms with van der Waals surface area (Å²) in [6.07, 6.45) is -0.719. The number of carbonyl (C=O) groups is 1. The first kappa shape index (κ1) is 16.6. The van der Waals surface area contributed by atoms with E-state index in [-0.39, 0.29) is 34.9 Å². The van der Waals surface area contributed by atoms with Crippen molar-refractivity contribution in [3.8, 4) is 0 Å². The van der Waals surface area contributed by atoms with Gasteiger partial charge in [0.2, 0.25) is 0 Å². The smallest absolute Gasteiger partial charge is 0.264 e. The van der Waals surface area contributed by atoms with E-state index in [0.29, 0.717) is 5.56 Å². The maximum atomic E-state index is 13.4. The maximum absolute atomic E-state index is 13.4. The summed E-state index contributed by atoms with van der Waals surface area (Å²) >= 11 is 0. The van der Waals surface area contributed by atoms with Crippen molar-refractivity contribution in [2.24, 2.45) is 0 Å². The summed E-state index contributed by atoms with van der Waals surface area (Å²) in [5, 5.41) is 10.0. The molecule has 1 N–H and O–H groups in total. The van der Waals surface area contributed by atoms with Gasteiger partial charge < -0.3 is 5.11 Å². The van der Waals surface area contributed by atoms with Gasteiger partial charge >= 0.3 is 0 Å². The summed E-state index contributed by atoms with van der Waals surface area (Å²) in [5.41, 5.74) is 0.946. The van der Waals surface area contributed by atoms with Crippen LogP contribution in [0.4, 0.5) is 10.1 Å². The Morgan fingerprint density at radius 1 is 1.21 bits per heavy atom. The third-order valence-corrected chi connectivity index (χ3v) is 5.90. The molecule has 0 aliphatic carbocycles. The fourth-order valence-corrected chi connectivity index (χ4v) is 4.28. The normalized spacial score (nSPS) is 17.5. The molecule has 0 aromatic heterocycles. The minimum Gasteiger partial charge on any atom is -0.388 e. The summed E-state index contributed by atoms with van der Waals surface area (Å²) < 4.78 is 40.4. The molecule has 1 unspecified atom stereocenters. The lowest BCUT2D eigenvalue weighted by Gasteiger charge is -2.33. The van der Waals surface area contributed by atoms with Crippen molar-refractivity contribution in [1.82, 2.24) is 0 Å². The number of benzene rings is 2. The lowest BCUT2D eigenvalue weighted by Crippen LogP contribution is -2.36. The first-order valence-corrected chi connectivity index (χ1v) is 8.86. The van der Waals surface area contributed by atoms with Crippen LogP contribution in [0, 0.1) is 5.82 Å². The molecule has 0 amide bonds. The van der Waals surface area contributed by atoms with E-state index in [1.807, 2.05) is 0 Å². The molecular weight excluding hydrogens is 333 g/mol. The number of hydrogen-bond acceptors (Lipinski definition) is 4. The van der Waals surface area contributed by atoms with Crippen molar-refractivity contribution >= 4 is 21.5 Å². The third-order valence-electron chi connectivity index (χ3n) is 4.07. The molecule has 0 radical (unpaired) electrons. The fraction of sp³-hybridized carbons (Fsp3) is 0.235. The van der Waals surface area contributed by atoms with Crippen LogP contribution < -0.4 is 4.31 Å². The van der Waals surface area contributed by atoms with Crippen molar-refractivity contribution in [3.05, 3.63) is 59.4 Å². The van der Waals surface area contributed by atoms with Crippen molar-refractivity contribution in [2.45, 2.75) is 24.3 Å². The zero-order chi connectivity index (χ0) is 17.5. The first-order chi connectivity index (χ1) is 11.3. The highest BCUT2D eigenvalue weighted by atomic mass is 32.2. The standard InChI is InChI=1S/C17H16FNO4S/c1-11(20)12-2-5-14(6-3-12)24(22,23)19-9-8-17(21)15-10-13(18)4-7-16(15)19/h2-7,10,17,21H,8-9H2,1H3. The number of sulfonamides is 1. The number of aliphatic hydroxyl groups is 1. The summed E-state index contributed by atoms with van der Waals surface area (Å²) in [4.78, 5) is 11.4. The number of carbonyl (C=O) groups excluding carboxylic acids is 1. The number of Topliss-reactive ketones (excluding diaryl/α,β-unsaturated/α-hetero) is 1. The Kier molecular flexibility index (Phi) is 4.15. The zero-order valence-electron chi connectivity index (χ0n) is 12.9. The molecule has 0 saturated carbocycles. The number of fused-ring (bicyclic) bond motifs is 1. The molecule has 0 saturated heterocycles. The molecule has 24 heavy (non-hydrogen) atoms. The molecule has 5 nitrogen and oxygen atoms in total. The van der Waals surface area contributed by atoms with Gasteiger partial charge in [-0.2, -0.15) is 0 Å². The summed E-state index contributed by atoms with van der Waals surface area (Å²) in [7, 11) is -3.87. The number of aliphatic hydroxyl groups excluding tert-OH is 1. The van der Waals surface area contributed by atoms with Crippen LogP contribution in [-0.2, 0) is 10.0 Å². The molecule has 1 aliphatic rings. The fourth-order valence-electron chi connectivity index (χ4n) is 2.77. The molecule has 1 atom stereocenters. The Morgan fingerprint density at radius 2 is 1.88 bits per heavy atom. The van der Waals surface area contributed by atoms with Gasteiger partial charge in [-0.1, -0.05) is 12.1 Å². The molecule has 2 aromatic carbocycles. The highest BCUT2D eigenvalue weighted by molar-refractivity contribution is 7.92. The van der Waals surface area contributed by atoms with E-state index in [1.54, 1.807) is 0 Å². The number of halogens is 1. The molecule has 3 rings (SSSR count). The van der Waals surface area contributed by atoms with E-state index in [2.05, 4.69) is 0 Å². The molecule has 0 fully saturated rings. The van der Waals surface area contributed by atoms with Gasteiger partial charge in [-0.3, -0.25) is 9.10 Å². The Bertz CT molecular complexity index is 893. The lowest BCUT2D eigenvalue weighted by molar-refractivity contribution is 0.101. The number of hydrogen-bond donors (Lipinski definition) is 1. The molecular formula is C17H16FNO4S. The SMILES string of the molecule is CC(=O)c1ccc(S(=O)(=O)N2CCC(O)c3cc(F)ccc32)cc1. The highest BCUT2D eigenvalue weighted by Gasteiger charge is 2.32. The van der Waals surface area contributed by atoms with Crippen LogP contribution >= 0.6 is 0 Å². The molecule has 1 aliphatic heterocycles. The van der Waals surface area contributed by atoms with Gasteiger partial charge in [0.05, 0.1) is 16.7 Å². The van der Waals surface area contributed by atoms with E-state index in [0.717, 1.165) is 16.4 Å². The Hall–Kier alpha value is -2.25. The van der Waals surface area contributed by atoms with Gasteiger partial charge in [0.1, 0.15) is 5.82 Å². The van der Waals surface area contributed by atoms with Crippen molar-refractivity contribution in [2.75, 3.05) is 10.8 Å². The molecule has 2 aromatic rings. The Labute approximate surface area is 139 Å². The van der Waals surface area contributed by atoms with Gasteiger partial charge in [-0.05, 0) is 43.7 Å². The average molecular weight is 349 g/mol. The van der Waals surface area contributed by atoms with Gasteiger partial charge in [0, 0.05) is 17.7 Å². The topological polar surface area (TPSA) is 74.7 Å². The minimum absolute atomic E-state index is 0.0409.